The number of hydrogen-bond donors (Lipinski definition) is 1. The predicted octanol–water partition coefficient (Wildman–Crippen LogP) is 1.27. The van der Waals surface area contributed by atoms with Gasteiger partial charge in [-0.1, -0.05) is 0 Å². The molecule has 0 spiro atoms. The molecule has 2 fully saturated rings. The minimum Gasteiger partial charge on any atom is -0.379 e. The van der Waals surface area contributed by atoms with Crippen LogP contribution in [0.1, 0.15) is 33.1 Å². The van der Waals surface area contributed by atoms with Crippen LogP contribution in [0.25, 0.3) is 0 Å². The third-order valence-corrected chi connectivity index (χ3v) is 7.16. The zero-order valence-electron chi connectivity index (χ0n) is 15.5. The molecule has 1 unspecified atom stereocenters. The van der Waals surface area contributed by atoms with Crippen molar-refractivity contribution < 1.29 is 17.9 Å². The van der Waals surface area contributed by atoms with E-state index in [0.29, 0.717) is 26.3 Å². The second-order valence-corrected chi connectivity index (χ2v) is 9.78. The Balaban J connectivity index is 0.00000312. The molecule has 0 amide bonds. The van der Waals surface area contributed by atoms with Crippen LogP contribution in [0.15, 0.2) is 4.99 Å². The van der Waals surface area contributed by atoms with Gasteiger partial charge in [0.25, 0.3) is 0 Å². The molecule has 0 aliphatic carbocycles. The Bertz CT molecular complexity index is 533. The van der Waals surface area contributed by atoms with Gasteiger partial charge in [0.15, 0.2) is 15.8 Å². The van der Waals surface area contributed by atoms with Crippen molar-refractivity contribution in [3.05, 3.63) is 0 Å². The molecule has 1 N–H and O–H groups in total. The van der Waals surface area contributed by atoms with E-state index in [9.17, 15) is 8.42 Å². The zero-order chi connectivity index (χ0) is 17.6. The summed E-state index contributed by atoms with van der Waals surface area (Å²) in [5.74, 6) is 0.933. The van der Waals surface area contributed by atoms with Crippen molar-refractivity contribution >= 4 is 39.8 Å². The van der Waals surface area contributed by atoms with E-state index in [4.69, 9.17) is 9.47 Å². The topological polar surface area (TPSA) is 80.2 Å². The second-order valence-electron chi connectivity index (χ2n) is 7.04. The van der Waals surface area contributed by atoms with Gasteiger partial charge in [0.1, 0.15) is 0 Å². The summed E-state index contributed by atoms with van der Waals surface area (Å²) in [6.07, 6.45) is 3.37. The van der Waals surface area contributed by atoms with Crippen molar-refractivity contribution in [2.24, 2.45) is 4.99 Å². The first kappa shape index (κ1) is 22.9. The van der Waals surface area contributed by atoms with Crippen molar-refractivity contribution in [2.45, 2.75) is 44.0 Å². The second kappa shape index (κ2) is 10.3. The van der Waals surface area contributed by atoms with E-state index in [1.54, 1.807) is 20.9 Å². The van der Waals surface area contributed by atoms with E-state index in [2.05, 4.69) is 10.3 Å². The molecule has 0 aromatic carbocycles. The number of sulfone groups is 1. The lowest BCUT2D eigenvalue weighted by molar-refractivity contribution is 0.0168. The largest absolute Gasteiger partial charge is 0.379 e. The average Bonchev–Trinajstić information content (AvgIpc) is 3.03. The Hall–Kier alpha value is -0.130. The number of nitrogens with zero attached hydrogens (tertiary/aromatic N) is 2. The monoisotopic (exact) mass is 489 g/mol. The Morgan fingerprint density at radius 2 is 2.20 bits per heavy atom. The summed E-state index contributed by atoms with van der Waals surface area (Å²) in [5, 5.41) is 3.30. The van der Waals surface area contributed by atoms with Gasteiger partial charge in [-0.25, -0.2) is 8.42 Å². The van der Waals surface area contributed by atoms with Crippen LogP contribution in [-0.4, -0.2) is 82.4 Å². The minimum absolute atomic E-state index is 0. The van der Waals surface area contributed by atoms with Gasteiger partial charge in [0, 0.05) is 39.9 Å². The van der Waals surface area contributed by atoms with E-state index in [1.165, 1.54) is 0 Å². The number of rotatable bonds is 6. The van der Waals surface area contributed by atoms with Crippen molar-refractivity contribution in [1.82, 2.24) is 10.2 Å². The number of halogens is 1. The Labute approximate surface area is 168 Å². The fourth-order valence-corrected chi connectivity index (χ4v) is 4.39. The third-order valence-electron chi connectivity index (χ3n) is 4.63. The van der Waals surface area contributed by atoms with Gasteiger partial charge in [-0.2, -0.15) is 0 Å². The van der Waals surface area contributed by atoms with Gasteiger partial charge in [0.05, 0.1) is 23.2 Å². The van der Waals surface area contributed by atoms with Crippen LogP contribution in [0.4, 0.5) is 0 Å². The SMILES string of the molecule is CN=C(NCCCOCC1CCCO1)N1CCS(=O)(=O)C(C)(C)C1.I. The van der Waals surface area contributed by atoms with Gasteiger partial charge in [-0.3, -0.25) is 4.99 Å². The summed E-state index contributed by atoms with van der Waals surface area (Å²) < 4.78 is 34.6. The molecule has 0 bridgehead atoms. The normalized spacial score (nSPS) is 25.5. The molecule has 7 nitrogen and oxygen atoms in total. The first-order valence-electron chi connectivity index (χ1n) is 8.73. The van der Waals surface area contributed by atoms with Gasteiger partial charge < -0.3 is 19.7 Å². The highest BCUT2D eigenvalue weighted by molar-refractivity contribution is 14.0. The van der Waals surface area contributed by atoms with Crippen molar-refractivity contribution in [3.63, 3.8) is 0 Å². The molecule has 0 saturated carbocycles. The molecule has 0 radical (unpaired) electrons. The van der Waals surface area contributed by atoms with E-state index in [0.717, 1.165) is 38.4 Å². The molecule has 0 aromatic rings. The molecule has 2 rings (SSSR count). The molecular weight excluding hydrogens is 457 g/mol. The zero-order valence-corrected chi connectivity index (χ0v) is 18.6. The number of nitrogens with one attached hydrogen (secondary N) is 1. The highest BCUT2D eigenvalue weighted by Crippen LogP contribution is 2.23. The maximum atomic E-state index is 12.1. The maximum Gasteiger partial charge on any atom is 0.193 e. The fraction of sp³-hybridized carbons (Fsp3) is 0.938. The highest BCUT2D eigenvalue weighted by atomic mass is 127. The van der Waals surface area contributed by atoms with E-state index < -0.39 is 14.6 Å². The molecule has 9 heteroatoms. The van der Waals surface area contributed by atoms with Crippen LogP contribution in [0.5, 0.6) is 0 Å². The minimum atomic E-state index is -3.03. The average molecular weight is 489 g/mol. The van der Waals surface area contributed by atoms with Crippen molar-refractivity contribution in [1.29, 1.82) is 0 Å². The predicted molar refractivity (Wildman–Crippen MR) is 111 cm³/mol. The van der Waals surface area contributed by atoms with Crippen molar-refractivity contribution in [2.75, 3.05) is 52.3 Å². The van der Waals surface area contributed by atoms with Gasteiger partial charge in [-0.05, 0) is 33.1 Å². The number of guanidine groups is 1. The molecule has 2 aliphatic rings. The van der Waals surface area contributed by atoms with Gasteiger partial charge in [0.2, 0.25) is 0 Å². The quantitative estimate of drug-likeness (QED) is 0.262. The molecule has 148 valence electrons. The Morgan fingerprint density at radius 3 is 2.80 bits per heavy atom. The highest BCUT2D eigenvalue weighted by Gasteiger charge is 2.40. The van der Waals surface area contributed by atoms with E-state index in [1.807, 2.05) is 4.90 Å². The molecule has 2 saturated heterocycles. The lowest BCUT2D eigenvalue weighted by Crippen LogP contribution is -2.57. The maximum absolute atomic E-state index is 12.1. The lowest BCUT2D eigenvalue weighted by Gasteiger charge is -2.39. The Morgan fingerprint density at radius 1 is 1.44 bits per heavy atom. The van der Waals surface area contributed by atoms with Gasteiger partial charge >= 0.3 is 0 Å². The molecular formula is C16H32IN3O4S. The number of aliphatic imine (C=N–C) groups is 1. The fourth-order valence-electron chi connectivity index (χ4n) is 3.02. The third kappa shape index (κ3) is 6.51. The lowest BCUT2D eigenvalue weighted by atomic mass is 10.2. The van der Waals surface area contributed by atoms with Crippen molar-refractivity contribution in [3.8, 4) is 0 Å². The first-order valence-corrected chi connectivity index (χ1v) is 10.4. The number of hydrogen-bond acceptors (Lipinski definition) is 5. The van der Waals surface area contributed by atoms with Crippen LogP contribution in [0, 0.1) is 0 Å². The summed E-state index contributed by atoms with van der Waals surface area (Å²) in [7, 11) is -1.30. The molecule has 0 aromatic heterocycles. The van der Waals surface area contributed by atoms with E-state index in [-0.39, 0.29) is 35.8 Å². The summed E-state index contributed by atoms with van der Waals surface area (Å²) in [4.78, 5) is 6.30. The van der Waals surface area contributed by atoms with Crippen LogP contribution in [0.3, 0.4) is 0 Å². The van der Waals surface area contributed by atoms with Crippen LogP contribution >= 0.6 is 24.0 Å². The number of ether oxygens (including phenoxy) is 2. The van der Waals surface area contributed by atoms with Gasteiger partial charge in [-0.15, -0.1) is 24.0 Å². The van der Waals surface area contributed by atoms with Crippen LogP contribution < -0.4 is 5.32 Å². The Kier molecular flexibility index (Phi) is 9.41. The summed E-state index contributed by atoms with van der Waals surface area (Å²) in [6.45, 7) is 7.47. The summed E-state index contributed by atoms with van der Waals surface area (Å²) in [5.41, 5.74) is 0. The first-order chi connectivity index (χ1) is 11.4. The smallest absolute Gasteiger partial charge is 0.193 e. The van der Waals surface area contributed by atoms with E-state index >= 15 is 0 Å². The molecule has 1 atom stereocenters. The standard InChI is InChI=1S/C16H31N3O4S.HI/c1-16(2)13-19(8-11-24(16,20)21)15(17-3)18-7-5-9-22-12-14-6-4-10-23-14;/h14H,4-13H2,1-3H3,(H,17,18);1H. The summed E-state index contributed by atoms with van der Waals surface area (Å²) >= 11 is 0. The molecule has 2 heterocycles. The molecule has 2 aliphatic heterocycles. The molecule has 25 heavy (non-hydrogen) atoms. The van der Waals surface area contributed by atoms with Crippen LogP contribution in [0.2, 0.25) is 0 Å². The van der Waals surface area contributed by atoms with Crippen LogP contribution in [-0.2, 0) is 19.3 Å². The summed E-state index contributed by atoms with van der Waals surface area (Å²) in [6, 6.07) is 0.